The Hall–Kier alpha value is -3.22. The third kappa shape index (κ3) is 4.80. The quantitative estimate of drug-likeness (QED) is 0.637. The van der Waals surface area contributed by atoms with E-state index >= 15 is 0 Å². The number of likely N-dealkylation sites (tertiary alicyclic amines) is 1. The SMILES string of the molecule is Cc1cccc(CC(=O)N2CCC(c3noc(COc4ccc(F)cc4)n3)C2)c1. The van der Waals surface area contributed by atoms with E-state index in [2.05, 4.69) is 10.1 Å². The number of halogens is 1. The average Bonchev–Trinajstić information content (AvgIpc) is 3.37. The molecule has 0 aliphatic carbocycles. The Morgan fingerprint density at radius 1 is 1.28 bits per heavy atom. The van der Waals surface area contributed by atoms with Crippen LogP contribution >= 0.6 is 0 Å². The largest absolute Gasteiger partial charge is 0.484 e. The molecule has 2 aromatic carbocycles. The first-order valence-corrected chi connectivity index (χ1v) is 9.61. The van der Waals surface area contributed by atoms with E-state index in [-0.39, 0.29) is 24.2 Å². The van der Waals surface area contributed by atoms with Gasteiger partial charge in [0.25, 0.3) is 5.89 Å². The number of ether oxygens (including phenoxy) is 1. The van der Waals surface area contributed by atoms with Crippen LogP contribution in [0.2, 0.25) is 0 Å². The van der Waals surface area contributed by atoms with Crippen molar-refractivity contribution < 1.29 is 18.4 Å². The van der Waals surface area contributed by atoms with Crippen LogP contribution in [0, 0.1) is 12.7 Å². The Balaban J connectivity index is 1.31. The summed E-state index contributed by atoms with van der Waals surface area (Å²) in [5.41, 5.74) is 2.18. The number of hydrogen-bond acceptors (Lipinski definition) is 5. The summed E-state index contributed by atoms with van der Waals surface area (Å²) in [5.74, 6) is 1.32. The highest BCUT2D eigenvalue weighted by Gasteiger charge is 2.30. The van der Waals surface area contributed by atoms with Gasteiger partial charge in [-0.15, -0.1) is 0 Å². The standard InChI is InChI=1S/C22H22FN3O3/c1-15-3-2-4-16(11-15)12-21(27)26-10-9-17(13-26)22-24-20(29-25-22)14-28-19-7-5-18(23)6-8-19/h2-8,11,17H,9-10,12-14H2,1H3. The predicted octanol–water partition coefficient (Wildman–Crippen LogP) is 3.65. The van der Waals surface area contributed by atoms with E-state index in [4.69, 9.17) is 9.26 Å². The van der Waals surface area contributed by atoms with Gasteiger partial charge in [-0.3, -0.25) is 4.79 Å². The summed E-state index contributed by atoms with van der Waals surface area (Å²) in [6, 6.07) is 13.8. The fourth-order valence-corrected chi connectivity index (χ4v) is 3.47. The van der Waals surface area contributed by atoms with E-state index in [9.17, 15) is 9.18 Å². The molecule has 0 N–H and O–H groups in total. The molecule has 0 bridgehead atoms. The second kappa shape index (κ2) is 8.43. The molecule has 1 atom stereocenters. The molecule has 29 heavy (non-hydrogen) atoms. The molecule has 1 fully saturated rings. The summed E-state index contributed by atoms with van der Waals surface area (Å²) < 4.78 is 23.7. The Bertz CT molecular complexity index is 987. The first-order valence-electron chi connectivity index (χ1n) is 9.61. The number of benzene rings is 2. The number of rotatable bonds is 6. The van der Waals surface area contributed by atoms with Crippen LogP contribution in [0.15, 0.2) is 53.1 Å². The van der Waals surface area contributed by atoms with Crippen molar-refractivity contribution in [3.05, 3.63) is 77.2 Å². The highest BCUT2D eigenvalue weighted by Crippen LogP contribution is 2.26. The molecule has 1 aromatic heterocycles. The van der Waals surface area contributed by atoms with Crippen LogP contribution in [-0.2, 0) is 17.8 Å². The van der Waals surface area contributed by atoms with Gasteiger partial charge < -0.3 is 14.2 Å². The number of hydrogen-bond donors (Lipinski definition) is 0. The molecule has 0 radical (unpaired) electrons. The summed E-state index contributed by atoms with van der Waals surface area (Å²) in [6.45, 7) is 3.41. The van der Waals surface area contributed by atoms with Crippen LogP contribution in [-0.4, -0.2) is 34.0 Å². The maximum absolute atomic E-state index is 12.9. The molecule has 0 spiro atoms. The molecule has 7 heteroatoms. The molecule has 1 amide bonds. The van der Waals surface area contributed by atoms with Crippen LogP contribution < -0.4 is 4.74 Å². The van der Waals surface area contributed by atoms with Crippen molar-refractivity contribution in [3.63, 3.8) is 0 Å². The number of aryl methyl sites for hydroxylation is 1. The molecule has 2 heterocycles. The molecule has 1 saturated heterocycles. The van der Waals surface area contributed by atoms with Gasteiger partial charge in [0.05, 0.1) is 6.42 Å². The molecule has 1 aliphatic rings. The normalized spacial score (nSPS) is 16.2. The van der Waals surface area contributed by atoms with Crippen molar-refractivity contribution in [1.29, 1.82) is 0 Å². The minimum Gasteiger partial charge on any atom is -0.484 e. The molecule has 1 aliphatic heterocycles. The van der Waals surface area contributed by atoms with Gasteiger partial charge in [-0.05, 0) is 43.2 Å². The molecule has 0 saturated carbocycles. The maximum Gasteiger partial charge on any atom is 0.264 e. The molecule has 3 aromatic rings. The summed E-state index contributed by atoms with van der Waals surface area (Å²) in [7, 11) is 0. The molecular weight excluding hydrogens is 373 g/mol. The van der Waals surface area contributed by atoms with Gasteiger partial charge in [-0.2, -0.15) is 4.98 Å². The van der Waals surface area contributed by atoms with Crippen molar-refractivity contribution in [1.82, 2.24) is 15.0 Å². The van der Waals surface area contributed by atoms with Crippen LogP contribution in [0.3, 0.4) is 0 Å². The van der Waals surface area contributed by atoms with Gasteiger partial charge in [0.1, 0.15) is 11.6 Å². The topological polar surface area (TPSA) is 68.5 Å². The van der Waals surface area contributed by atoms with Crippen LogP contribution in [0.5, 0.6) is 5.75 Å². The monoisotopic (exact) mass is 395 g/mol. The van der Waals surface area contributed by atoms with E-state index in [0.717, 1.165) is 17.5 Å². The van der Waals surface area contributed by atoms with Crippen LogP contribution in [0.1, 0.15) is 35.2 Å². The zero-order valence-electron chi connectivity index (χ0n) is 16.2. The Morgan fingerprint density at radius 3 is 2.90 bits per heavy atom. The summed E-state index contributed by atoms with van der Waals surface area (Å²) in [6.07, 6.45) is 1.20. The highest BCUT2D eigenvalue weighted by atomic mass is 19.1. The lowest BCUT2D eigenvalue weighted by atomic mass is 10.1. The van der Waals surface area contributed by atoms with Crippen LogP contribution in [0.25, 0.3) is 0 Å². The van der Waals surface area contributed by atoms with E-state index in [1.165, 1.54) is 12.1 Å². The zero-order valence-corrected chi connectivity index (χ0v) is 16.2. The van der Waals surface area contributed by atoms with E-state index in [1.54, 1.807) is 12.1 Å². The van der Waals surface area contributed by atoms with Crippen molar-refractivity contribution in [2.45, 2.75) is 32.3 Å². The first-order chi connectivity index (χ1) is 14.1. The molecule has 4 rings (SSSR count). The second-order valence-electron chi connectivity index (χ2n) is 7.28. The smallest absolute Gasteiger partial charge is 0.264 e. The van der Waals surface area contributed by atoms with Crippen LogP contribution in [0.4, 0.5) is 4.39 Å². The van der Waals surface area contributed by atoms with Gasteiger partial charge in [-0.1, -0.05) is 35.0 Å². The third-order valence-electron chi connectivity index (χ3n) is 5.00. The predicted molar refractivity (Wildman–Crippen MR) is 104 cm³/mol. The highest BCUT2D eigenvalue weighted by molar-refractivity contribution is 5.79. The Labute approximate surface area is 168 Å². The first kappa shape index (κ1) is 19.1. The van der Waals surface area contributed by atoms with Crippen molar-refractivity contribution in [2.75, 3.05) is 13.1 Å². The second-order valence-corrected chi connectivity index (χ2v) is 7.28. The molecule has 150 valence electrons. The zero-order chi connectivity index (χ0) is 20.2. The number of nitrogens with zero attached hydrogens (tertiary/aromatic N) is 3. The average molecular weight is 395 g/mol. The molecule has 1 unspecified atom stereocenters. The lowest BCUT2D eigenvalue weighted by Crippen LogP contribution is -2.30. The van der Waals surface area contributed by atoms with Gasteiger partial charge in [-0.25, -0.2) is 4.39 Å². The summed E-state index contributed by atoms with van der Waals surface area (Å²) >= 11 is 0. The lowest BCUT2D eigenvalue weighted by molar-refractivity contribution is -0.129. The number of amides is 1. The van der Waals surface area contributed by atoms with Crippen molar-refractivity contribution in [2.24, 2.45) is 0 Å². The van der Waals surface area contributed by atoms with Gasteiger partial charge in [0, 0.05) is 19.0 Å². The molecular formula is C22H22FN3O3. The summed E-state index contributed by atoms with van der Waals surface area (Å²) in [4.78, 5) is 18.9. The fraction of sp³-hybridized carbons (Fsp3) is 0.318. The fourth-order valence-electron chi connectivity index (χ4n) is 3.47. The minimum atomic E-state index is -0.319. The Morgan fingerprint density at radius 2 is 2.10 bits per heavy atom. The third-order valence-corrected chi connectivity index (χ3v) is 5.00. The maximum atomic E-state index is 12.9. The van der Waals surface area contributed by atoms with Gasteiger partial charge in [0.2, 0.25) is 5.91 Å². The van der Waals surface area contributed by atoms with Gasteiger partial charge in [0.15, 0.2) is 12.4 Å². The van der Waals surface area contributed by atoms with Crippen molar-refractivity contribution in [3.8, 4) is 5.75 Å². The Kier molecular flexibility index (Phi) is 5.55. The van der Waals surface area contributed by atoms with E-state index < -0.39 is 0 Å². The van der Waals surface area contributed by atoms with E-state index in [0.29, 0.717) is 37.0 Å². The van der Waals surface area contributed by atoms with E-state index in [1.807, 2.05) is 36.1 Å². The minimum absolute atomic E-state index is 0.0554. The molecule has 6 nitrogen and oxygen atoms in total. The van der Waals surface area contributed by atoms with Crippen molar-refractivity contribution >= 4 is 5.91 Å². The number of aromatic nitrogens is 2. The summed E-state index contributed by atoms with van der Waals surface area (Å²) in [5, 5.41) is 4.05. The number of carbonyl (C=O) groups excluding carboxylic acids is 1. The van der Waals surface area contributed by atoms with Gasteiger partial charge >= 0.3 is 0 Å². The lowest BCUT2D eigenvalue weighted by Gasteiger charge is -2.16. The number of carbonyl (C=O) groups is 1.